The second-order valence-electron chi connectivity index (χ2n) is 10.0. The maximum Gasteiger partial charge on any atom is 0.253 e. The fourth-order valence-corrected chi connectivity index (χ4v) is 6.68. The monoisotopic (exact) mass is 552 g/mol. The van der Waals surface area contributed by atoms with E-state index in [1.807, 2.05) is 37.3 Å². The maximum absolute atomic E-state index is 13.7. The number of carbonyl (C=O) groups is 1. The fourth-order valence-electron chi connectivity index (χ4n) is 4.86. The van der Waals surface area contributed by atoms with Crippen molar-refractivity contribution >= 4 is 15.9 Å². The zero-order chi connectivity index (χ0) is 27.7. The highest BCUT2D eigenvalue weighted by Gasteiger charge is 2.38. The van der Waals surface area contributed by atoms with Crippen LogP contribution in [0.5, 0.6) is 17.2 Å². The van der Waals surface area contributed by atoms with E-state index >= 15 is 0 Å². The third-order valence-corrected chi connectivity index (χ3v) is 9.21. The van der Waals surface area contributed by atoms with Crippen LogP contribution in [0.1, 0.15) is 24.2 Å². The number of hydrogen-bond donors (Lipinski definition) is 1. The Bertz CT molecular complexity index is 1460. The van der Waals surface area contributed by atoms with Crippen LogP contribution < -0.4 is 14.2 Å². The van der Waals surface area contributed by atoms with E-state index in [1.54, 1.807) is 55.3 Å². The second-order valence-corrected chi connectivity index (χ2v) is 11.9. The molecule has 1 N–H and O–H groups in total. The number of benzene rings is 3. The summed E-state index contributed by atoms with van der Waals surface area (Å²) in [4.78, 5) is 14.9. The summed E-state index contributed by atoms with van der Waals surface area (Å²) in [6, 6.07) is 19.1. The van der Waals surface area contributed by atoms with Gasteiger partial charge in [-0.05, 0) is 48.4 Å². The van der Waals surface area contributed by atoms with Crippen molar-refractivity contribution in [1.82, 2.24) is 9.21 Å². The van der Waals surface area contributed by atoms with Gasteiger partial charge in [0.15, 0.2) is 11.5 Å². The smallest absolute Gasteiger partial charge is 0.253 e. The Morgan fingerprint density at radius 1 is 1.03 bits per heavy atom. The van der Waals surface area contributed by atoms with E-state index in [0.29, 0.717) is 17.1 Å². The Labute approximate surface area is 228 Å². The topological polar surface area (TPSA) is 106 Å². The molecule has 10 heteroatoms. The van der Waals surface area contributed by atoms with E-state index in [2.05, 4.69) is 0 Å². The lowest BCUT2D eigenvalue weighted by Crippen LogP contribution is -2.50. The summed E-state index contributed by atoms with van der Waals surface area (Å²) in [5.74, 6) is 0.807. The van der Waals surface area contributed by atoms with Gasteiger partial charge < -0.3 is 24.2 Å². The molecule has 206 valence electrons. The van der Waals surface area contributed by atoms with Crippen molar-refractivity contribution in [1.29, 1.82) is 0 Å². The molecular formula is C29H32N2O7S. The van der Waals surface area contributed by atoms with Crippen LogP contribution in [-0.2, 0) is 10.0 Å². The molecule has 2 aliphatic heterocycles. The van der Waals surface area contributed by atoms with Crippen molar-refractivity contribution in [2.24, 2.45) is 5.92 Å². The van der Waals surface area contributed by atoms with E-state index < -0.39 is 22.2 Å². The number of nitrogens with zero attached hydrogens (tertiary/aromatic N) is 2. The van der Waals surface area contributed by atoms with Gasteiger partial charge in [0.25, 0.3) is 5.91 Å². The predicted octanol–water partition coefficient (Wildman–Crippen LogP) is 3.62. The van der Waals surface area contributed by atoms with Gasteiger partial charge in [0.05, 0.1) is 13.2 Å². The molecule has 3 atom stereocenters. The number of likely N-dealkylation sites (N-methyl/N-ethyl adjacent to an activating group) is 1. The number of carbonyl (C=O) groups excluding carboxylic acids is 1. The highest BCUT2D eigenvalue weighted by Crippen LogP contribution is 2.37. The Kier molecular flexibility index (Phi) is 7.53. The van der Waals surface area contributed by atoms with Crippen molar-refractivity contribution < 1.29 is 32.5 Å². The maximum atomic E-state index is 13.7. The highest BCUT2D eigenvalue weighted by atomic mass is 32.2. The van der Waals surface area contributed by atoms with Gasteiger partial charge in [-0.3, -0.25) is 4.79 Å². The van der Waals surface area contributed by atoms with Gasteiger partial charge in [0.1, 0.15) is 16.7 Å². The molecule has 0 spiro atoms. The lowest BCUT2D eigenvalue weighted by atomic mass is 10.0. The van der Waals surface area contributed by atoms with Crippen LogP contribution >= 0.6 is 0 Å². The van der Waals surface area contributed by atoms with E-state index in [1.165, 1.54) is 4.31 Å². The van der Waals surface area contributed by atoms with Crippen LogP contribution in [0.25, 0.3) is 11.1 Å². The third kappa shape index (κ3) is 5.32. The molecule has 9 nitrogen and oxygen atoms in total. The summed E-state index contributed by atoms with van der Waals surface area (Å²) in [5, 5.41) is 9.88. The van der Waals surface area contributed by atoms with Crippen molar-refractivity contribution in [2.75, 3.05) is 33.5 Å². The Balaban J connectivity index is 1.49. The molecule has 0 aromatic heterocycles. The average molecular weight is 553 g/mol. The minimum atomic E-state index is -3.96. The van der Waals surface area contributed by atoms with E-state index in [4.69, 9.17) is 14.2 Å². The van der Waals surface area contributed by atoms with Crippen molar-refractivity contribution in [3.63, 3.8) is 0 Å². The van der Waals surface area contributed by atoms with Gasteiger partial charge in [0.2, 0.25) is 16.8 Å². The molecular weight excluding hydrogens is 520 g/mol. The lowest BCUT2D eigenvalue weighted by molar-refractivity contribution is 0.0563. The first-order valence-corrected chi connectivity index (χ1v) is 14.3. The second kappa shape index (κ2) is 10.9. The zero-order valence-corrected chi connectivity index (χ0v) is 22.9. The molecule has 2 heterocycles. The van der Waals surface area contributed by atoms with Crippen LogP contribution in [0.2, 0.25) is 0 Å². The Morgan fingerprint density at radius 3 is 2.51 bits per heavy atom. The average Bonchev–Trinajstić information content (AvgIpc) is 3.42. The number of aliphatic hydroxyl groups excluding tert-OH is 1. The number of hydrogen-bond acceptors (Lipinski definition) is 7. The molecule has 0 saturated heterocycles. The minimum absolute atomic E-state index is 0.0316. The molecule has 2 aliphatic rings. The molecule has 1 amide bonds. The largest absolute Gasteiger partial charge is 0.487 e. The third-order valence-electron chi connectivity index (χ3n) is 7.19. The summed E-state index contributed by atoms with van der Waals surface area (Å²) in [5.41, 5.74) is 2.18. The summed E-state index contributed by atoms with van der Waals surface area (Å²) >= 11 is 0. The number of fused-ring (bicyclic) bond motifs is 2. The number of aliphatic hydroxyl groups is 1. The standard InChI is InChI=1S/C29H32N2O7S/c1-19-15-31(20(2)17-32)39(34,35)28-12-10-22(21-7-5-4-6-8-21)13-26(28)38-27(19)16-30(3)29(33)23-9-11-24-25(14-23)37-18-36-24/h4-14,19-20,27,32H,15-18H2,1-3H3/t19-,20-,27+/m1/s1. The van der Waals surface area contributed by atoms with Gasteiger partial charge in [-0.15, -0.1) is 0 Å². The first-order chi connectivity index (χ1) is 18.7. The molecule has 3 aromatic rings. The first-order valence-electron chi connectivity index (χ1n) is 12.8. The van der Waals surface area contributed by atoms with Gasteiger partial charge >= 0.3 is 0 Å². The number of amides is 1. The van der Waals surface area contributed by atoms with Crippen LogP contribution in [0.15, 0.2) is 71.6 Å². The van der Waals surface area contributed by atoms with Crippen LogP contribution in [0, 0.1) is 5.92 Å². The summed E-state index contributed by atoms with van der Waals surface area (Å²) in [7, 11) is -2.27. The molecule has 5 rings (SSSR count). The van der Waals surface area contributed by atoms with Crippen LogP contribution in [0.3, 0.4) is 0 Å². The van der Waals surface area contributed by atoms with Crippen molar-refractivity contribution in [2.45, 2.75) is 30.9 Å². The van der Waals surface area contributed by atoms with Crippen LogP contribution in [0.4, 0.5) is 0 Å². The quantitative estimate of drug-likeness (QED) is 0.498. The van der Waals surface area contributed by atoms with Gasteiger partial charge in [0, 0.05) is 31.1 Å². The normalized spacial score (nSPS) is 20.7. The number of sulfonamides is 1. The molecule has 0 radical (unpaired) electrons. The minimum Gasteiger partial charge on any atom is -0.487 e. The molecule has 0 aliphatic carbocycles. The molecule has 39 heavy (non-hydrogen) atoms. The molecule has 0 bridgehead atoms. The van der Waals surface area contributed by atoms with Gasteiger partial charge in [-0.25, -0.2) is 8.42 Å². The summed E-state index contributed by atoms with van der Waals surface area (Å²) < 4.78 is 46.0. The number of rotatable bonds is 6. The number of ether oxygens (including phenoxy) is 3. The fraction of sp³-hybridized carbons (Fsp3) is 0.345. The van der Waals surface area contributed by atoms with Crippen molar-refractivity contribution in [3.05, 3.63) is 72.3 Å². The molecule has 0 unspecified atom stereocenters. The summed E-state index contributed by atoms with van der Waals surface area (Å²) in [6.07, 6.45) is -0.526. The van der Waals surface area contributed by atoms with E-state index in [-0.39, 0.29) is 49.0 Å². The zero-order valence-electron chi connectivity index (χ0n) is 22.1. The van der Waals surface area contributed by atoms with E-state index in [9.17, 15) is 18.3 Å². The van der Waals surface area contributed by atoms with Crippen molar-refractivity contribution in [3.8, 4) is 28.4 Å². The first kappa shape index (κ1) is 27.0. The molecule has 3 aromatic carbocycles. The molecule has 0 saturated carbocycles. The Morgan fingerprint density at radius 2 is 1.77 bits per heavy atom. The van der Waals surface area contributed by atoms with E-state index in [0.717, 1.165) is 11.1 Å². The molecule has 0 fully saturated rings. The van der Waals surface area contributed by atoms with Gasteiger partial charge in [-0.1, -0.05) is 43.3 Å². The van der Waals surface area contributed by atoms with Crippen LogP contribution in [-0.4, -0.2) is 74.3 Å². The Hall–Kier alpha value is -3.60. The summed E-state index contributed by atoms with van der Waals surface area (Å²) in [6.45, 7) is 3.70. The SMILES string of the molecule is C[C@@H]1CN([C@H](C)CO)S(=O)(=O)c2ccc(-c3ccccc3)cc2O[C@H]1CN(C)C(=O)c1ccc2c(c1)OCO2. The predicted molar refractivity (Wildman–Crippen MR) is 145 cm³/mol. The van der Waals surface area contributed by atoms with Gasteiger partial charge in [-0.2, -0.15) is 4.31 Å². The highest BCUT2D eigenvalue weighted by molar-refractivity contribution is 7.89. The lowest BCUT2D eigenvalue weighted by Gasteiger charge is -2.37.